The van der Waals surface area contributed by atoms with Crippen molar-refractivity contribution in [1.82, 2.24) is 19.8 Å². The molecule has 1 saturated heterocycles. The van der Waals surface area contributed by atoms with Gasteiger partial charge in [0.15, 0.2) is 0 Å². The molecule has 1 aliphatic rings. The number of benzene rings is 1. The number of hydrogen-bond acceptors (Lipinski definition) is 4. The molecule has 1 aromatic heterocycles. The second-order valence-corrected chi connectivity index (χ2v) is 6.62. The summed E-state index contributed by atoms with van der Waals surface area (Å²) in [6.45, 7) is 1.46. The first kappa shape index (κ1) is 17.2. The maximum Gasteiger partial charge on any atom is 0.325 e. The molecule has 0 radical (unpaired) electrons. The molecule has 2 N–H and O–H groups in total. The maximum absolute atomic E-state index is 12.8. The summed E-state index contributed by atoms with van der Waals surface area (Å²) in [7, 11) is 4.04. The van der Waals surface area contributed by atoms with E-state index >= 15 is 0 Å². The Hall–Kier alpha value is -2.67. The summed E-state index contributed by atoms with van der Waals surface area (Å²) in [5.41, 5.74) is 0.975. The summed E-state index contributed by atoms with van der Waals surface area (Å²) in [4.78, 5) is 44.1. The van der Waals surface area contributed by atoms with E-state index in [0.29, 0.717) is 6.54 Å². The van der Waals surface area contributed by atoms with Crippen LogP contribution >= 0.6 is 0 Å². The Bertz CT molecular complexity index is 867. The number of aromatic amines is 2. The molecule has 7 heteroatoms. The standard InChI is InChI=1S/C18H22N4O3/c1-21(2)11-12-5-7-13(8-6-12)15-4-3-9-22(15)17(24)14-10-19-18(25)20-16(14)23/h5-8,10,15H,3-4,9,11H2,1-2H3,(H2,19,20,23,25)/t15-/m0/s1. The molecule has 3 rings (SSSR count). The molecule has 132 valence electrons. The van der Waals surface area contributed by atoms with Crippen molar-refractivity contribution in [2.24, 2.45) is 0 Å². The largest absolute Gasteiger partial charge is 0.331 e. The molecule has 2 aromatic rings. The van der Waals surface area contributed by atoms with Gasteiger partial charge in [-0.3, -0.25) is 14.6 Å². The topological polar surface area (TPSA) is 89.3 Å². The van der Waals surface area contributed by atoms with Gasteiger partial charge in [0.05, 0.1) is 6.04 Å². The quantitative estimate of drug-likeness (QED) is 0.871. The van der Waals surface area contributed by atoms with Crippen molar-refractivity contribution in [2.45, 2.75) is 25.4 Å². The number of likely N-dealkylation sites (tertiary alicyclic amines) is 1. The molecule has 25 heavy (non-hydrogen) atoms. The molecule has 1 aromatic carbocycles. The van der Waals surface area contributed by atoms with Crippen molar-refractivity contribution in [3.63, 3.8) is 0 Å². The third-order valence-electron chi connectivity index (χ3n) is 4.43. The number of carbonyl (C=O) groups excluding carboxylic acids is 1. The fourth-order valence-corrected chi connectivity index (χ4v) is 3.29. The van der Waals surface area contributed by atoms with E-state index in [1.165, 1.54) is 11.8 Å². The Balaban J connectivity index is 1.83. The van der Waals surface area contributed by atoms with Gasteiger partial charge in [-0.05, 0) is 38.1 Å². The van der Waals surface area contributed by atoms with Crippen LogP contribution in [0.4, 0.5) is 0 Å². The van der Waals surface area contributed by atoms with E-state index in [-0.39, 0.29) is 17.5 Å². The molecular formula is C18H22N4O3. The summed E-state index contributed by atoms with van der Waals surface area (Å²) >= 11 is 0. The van der Waals surface area contributed by atoms with E-state index < -0.39 is 11.2 Å². The average molecular weight is 342 g/mol. The first-order valence-electron chi connectivity index (χ1n) is 8.32. The number of nitrogens with one attached hydrogen (secondary N) is 2. The second-order valence-electron chi connectivity index (χ2n) is 6.62. The number of rotatable bonds is 4. The van der Waals surface area contributed by atoms with Crippen LogP contribution in [0, 0.1) is 0 Å². The molecule has 1 fully saturated rings. The van der Waals surface area contributed by atoms with Crippen molar-refractivity contribution in [3.8, 4) is 0 Å². The van der Waals surface area contributed by atoms with E-state index in [9.17, 15) is 14.4 Å². The zero-order chi connectivity index (χ0) is 18.0. The van der Waals surface area contributed by atoms with Gasteiger partial charge in [0, 0.05) is 19.3 Å². The first-order valence-corrected chi connectivity index (χ1v) is 8.32. The maximum atomic E-state index is 12.8. The molecule has 2 heterocycles. The lowest BCUT2D eigenvalue weighted by Crippen LogP contribution is -2.36. The van der Waals surface area contributed by atoms with Crippen LogP contribution in [0.3, 0.4) is 0 Å². The smallest absolute Gasteiger partial charge is 0.325 e. The average Bonchev–Trinajstić information content (AvgIpc) is 3.04. The molecule has 1 amide bonds. The Kier molecular flexibility index (Phi) is 4.85. The highest BCUT2D eigenvalue weighted by atomic mass is 16.2. The van der Waals surface area contributed by atoms with Crippen LogP contribution in [0.25, 0.3) is 0 Å². The lowest BCUT2D eigenvalue weighted by molar-refractivity contribution is 0.0733. The van der Waals surface area contributed by atoms with E-state index in [1.807, 2.05) is 26.2 Å². The first-order chi connectivity index (χ1) is 12.0. The van der Waals surface area contributed by atoms with Crippen LogP contribution in [-0.2, 0) is 6.54 Å². The van der Waals surface area contributed by atoms with Crippen molar-refractivity contribution < 1.29 is 4.79 Å². The molecule has 7 nitrogen and oxygen atoms in total. The highest BCUT2D eigenvalue weighted by Crippen LogP contribution is 2.32. The third kappa shape index (κ3) is 3.71. The molecule has 0 saturated carbocycles. The van der Waals surface area contributed by atoms with Gasteiger partial charge in [0.2, 0.25) is 0 Å². The molecular weight excluding hydrogens is 320 g/mol. The fourth-order valence-electron chi connectivity index (χ4n) is 3.29. The molecule has 0 unspecified atom stereocenters. The second kappa shape index (κ2) is 7.06. The Morgan fingerprint density at radius 2 is 1.96 bits per heavy atom. The molecule has 0 bridgehead atoms. The minimum Gasteiger partial charge on any atom is -0.331 e. The van der Waals surface area contributed by atoms with Gasteiger partial charge in [0.1, 0.15) is 5.56 Å². The Morgan fingerprint density at radius 3 is 2.60 bits per heavy atom. The number of amides is 1. The number of aromatic nitrogens is 2. The number of H-pyrrole nitrogens is 2. The monoisotopic (exact) mass is 342 g/mol. The fraction of sp³-hybridized carbons (Fsp3) is 0.389. The summed E-state index contributed by atoms with van der Waals surface area (Å²) < 4.78 is 0. The normalized spacial score (nSPS) is 17.2. The van der Waals surface area contributed by atoms with Crippen LogP contribution in [0.1, 0.15) is 40.4 Å². The molecule has 0 aliphatic carbocycles. The van der Waals surface area contributed by atoms with Crippen molar-refractivity contribution in [1.29, 1.82) is 0 Å². The van der Waals surface area contributed by atoms with Gasteiger partial charge < -0.3 is 14.8 Å². The van der Waals surface area contributed by atoms with Gasteiger partial charge in [-0.15, -0.1) is 0 Å². The van der Waals surface area contributed by atoms with Crippen molar-refractivity contribution in [2.75, 3.05) is 20.6 Å². The zero-order valence-corrected chi connectivity index (χ0v) is 14.4. The van der Waals surface area contributed by atoms with Gasteiger partial charge in [-0.25, -0.2) is 4.79 Å². The van der Waals surface area contributed by atoms with Crippen LogP contribution in [0.2, 0.25) is 0 Å². The van der Waals surface area contributed by atoms with Gasteiger partial charge in [-0.1, -0.05) is 24.3 Å². The minimum absolute atomic E-state index is 0.0317. The Labute approximate surface area is 145 Å². The number of nitrogens with zero attached hydrogens (tertiary/aromatic N) is 2. The van der Waals surface area contributed by atoms with Crippen molar-refractivity contribution in [3.05, 3.63) is 68.0 Å². The summed E-state index contributed by atoms with van der Waals surface area (Å²) in [6, 6.07) is 8.19. The van der Waals surface area contributed by atoms with Crippen LogP contribution < -0.4 is 11.2 Å². The Morgan fingerprint density at radius 1 is 1.24 bits per heavy atom. The van der Waals surface area contributed by atoms with E-state index in [1.54, 1.807) is 4.90 Å². The predicted octanol–water partition coefficient (Wildman–Crippen LogP) is 1.10. The van der Waals surface area contributed by atoms with E-state index in [0.717, 1.165) is 24.9 Å². The van der Waals surface area contributed by atoms with E-state index in [4.69, 9.17) is 0 Å². The molecule has 1 atom stereocenters. The highest BCUT2D eigenvalue weighted by molar-refractivity contribution is 5.94. The summed E-state index contributed by atoms with van der Waals surface area (Å²) in [5, 5.41) is 0. The van der Waals surface area contributed by atoms with Gasteiger partial charge >= 0.3 is 5.69 Å². The molecule has 1 aliphatic heterocycles. The summed E-state index contributed by atoms with van der Waals surface area (Å²) in [6.07, 6.45) is 2.94. The minimum atomic E-state index is -0.652. The molecule has 0 spiro atoms. The zero-order valence-electron chi connectivity index (χ0n) is 14.4. The SMILES string of the molecule is CN(C)Cc1ccc([C@@H]2CCCN2C(=O)c2c[nH]c(=O)[nH]c2=O)cc1. The van der Waals surface area contributed by atoms with Crippen molar-refractivity contribution >= 4 is 5.91 Å². The number of carbonyl (C=O) groups is 1. The highest BCUT2D eigenvalue weighted by Gasteiger charge is 2.31. The lowest BCUT2D eigenvalue weighted by atomic mass is 10.0. The number of hydrogen-bond donors (Lipinski definition) is 2. The van der Waals surface area contributed by atoms with Crippen LogP contribution in [-0.4, -0.2) is 46.3 Å². The predicted molar refractivity (Wildman–Crippen MR) is 94.5 cm³/mol. The third-order valence-corrected chi connectivity index (χ3v) is 4.43. The van der Waals surface area contributed by atoms with E-state index in [2.05, 4.69) is 27.0 Å². The summed E-state index contributed by atoms with van der Waals surface area (Å²) in [5.74, 6) is -0.350. The van der Waals surface area contributed by atoms with Crippen LogP contribution in [0.15, 0.2) is 40.1 Å². The van der Waals surface area contributed by atoms with Crippen LogP contribution in [0.5, 0.6) is 0 Å². The lowest BCUT2D eigenvalue weighted by Gasteiger charge is -2.25. The van der Waals surface area contributed by atoms with Gasteiger partial charge in [0.25, 0.3) is 11.5 Å². The van der Waals surface area contributed by atoms with Gasteiger partial charge in [-0.2, -0.15) is 0 Å².